The van der Waals surface area contributed by atoms with E-state index in [0.717, 1.165) is 23.1 Å². The fraction of sp³-hybridized carbons (Fsp3) is 0.800. The molecule has 0 saturated heterocycles. The van der Waals surface area contributed by atoms with Crippen LogP contribution in [-0.4, -0.2) is 41.5 Å². The summed E-state index contributed by atoms with van der Waals surface area (Å²) >= 11 is 2.28. The summed E-state index contributed by atoms with van der Waals surface area (Å²) in [6.45, 7) is 5.32. The molecule has 4 unspecified atom stereocenters. The standard InChI is InChI=1S/C15H23FIN3/c1-9(2)20-12(6-13(17)18-20)14-11-5-10(16)7-15(11,14)8-19(3)4/h6,9-11,14H,5,7-8H2,1-4H3. The van der Waals surface area contributed by atoms with E-state index in [1.54, 1.807) is 0 Å². The zero-order chi connectivity index (χ0) is 14.7. The first-order valence-electron chi connectivity index (χ1n) is 7.39. The molecule has 1 aromatic rings. The largest absolute Gasteiger partial charge is 0.309 e. The number of halogens is 2. The Morgan fingerprint density at radius 1 is 1.55 bits per heavy atom. The first-order valence-corrected chi connectivity index (χ1v) is 8.47. The van der Waals surface area contributed by atoms with Crippen LogP contribution in [0.5, 0.6) is 0 Å². The number of nitrogens with zero attached hydrogens (tertiary/aromatic N) is 3. The van der Waals surface area contributed by atoms with Crippen molar-refractivity contribution >= 4 is 22.6 Å². The molecule has 2 saturated carbocycles. The Morgan fingerprint density at radius 3 is 2.85 bits per heavy atom. The van der Waals surface area contributed by atoms with Gasteiger partial charge in [0.2, 0.25) is 0 Å². The molecule has 0 aliphatic heterocycles. The van der Waals surface area contributed by atoms with E-state index in [2.05, 4.69) is 71.3 Å². The van der Waals surface area contributed by atoms with Crippen molar-refractivity contribution in [3.8, 4) is 0 Å². The molecule has 2 aliphatic carbocycles. The molecule has 3 rings (SSSR count). The van der Waals surface area contributed by atoms with E-state index in [9.17, 15) is 4.39 Å². The van der Waals surface area contributed by atoms with Crippen molar-refractivity contribution in [3.63, 3.8) is 0 Å². The van der Waals surface area contributed by atoms with Gasteiger partial charge in [0.1, 0.15) is 9.87 Å². The van der Waals surface area contributed by atoms with E-state index in [1.807, 2.05) is 0 Å². The van der Waals surface area contributed by atoms with Crippen LogP contribution in [0.25, 0.3) is 0 Å². The van der Waals surface area contributed by atoms with Gasteiger partial charge in [0.05, 0.1) is 0 Å². The summed E-state index contributed by atoms with van der Waals surface area (Å²) in [5.74, 6) is 1.00. The summed E-state index contributed by atoms with van der Waals surface area (Å²) < 4.78 is 17.0. The van der Waals surface area contributed by atoms with Gasteiger partial charge in [-0.3, -0.25) is 4.68 Å². The van der Waals surface area contributed by atoms with Crippen LogP contribution in [0.2, 0.25) is 0 Å². The Kier molecular flexibility index (Phi) is 3.64. The SMILES string of the molecule is CC(C)n1nc(I)cc1C1C2CC(F)CC21CN(C)C. The van der Waals surface area contributed by atoms with Crippen LogP contribution in [0.15, 0.2) is 6.07 Å². The van der Waals surface area contributed by atoms with Crippen LogP contribution in [-0.2, 0) is 0 Å². The van der Waals surface area contributed by atoms with Gasteiger partial charge in [-0.2, -0.15) is 5.10 Å². The third kappa shape index (κ3) is 2.21. The summed E-state index contributed by atoms with van der Waals surface area (Å²) in [5, 5.41) is 4.62. The molecular weight excluding hydrogens is 368 g/mol. The van der Waals surface area contributed by atoms with Crippen LogP contribution in [0.3, 0.4) is 0 Å². The zero-order valence-corrected chi connectivity index (χ0v) is 14.8. The topological polar surface area (TPSA) is 21.1 Å². The number of alkyl halides is 1. The van der Waals surface area contributed by atoms with Crippen LogP contribution in [0.1, 0.15) is 44.3 Å². The second-order valence-electron chi connectivity index (χ2n) is 7.02. The van der Waals surface area contributed by atoms with E-state index in [0.29, 0.717) is 17.9 Å². The average molecular weight is 391 g/mol. The lowest BCUT2D eigenvalue weighted by molar-refractivity contribution is 0.243. The molecule has 5 heteroatoms. The minimum Gasteiger partial charge on any atom is -0.309 e. The van der Waals surface area contributed by atoms with Crippen LogP contribution >= 0.6 is 22.6 Å². The highest BCUT2D eigenvalue weighted by Crippen LogP contribution is 2.73. The maximum atomic E-state index is 13.8. The number of rotatable bonds is 4. The van der Waals surface area contributed by atoms with Crippen molar-refractivity contribution in [3.05, 3.63) is 15.5 Å². The number of hydrogen-bond acceptors (Lipinski definition) is 2. The highest BCUT2D eigenvalue weighted by molar-refractivity contribution is 14.1. The van der Waals surface area contributed by atoms with Crippen LogP contribution < -0.4 is 0 Å². The zero-order valence-electron chi connectivity index (χ0n) is 12.6. The Morgan fingerprint density at radius 2 is 2.25 bits per heavy atom. The number of hydrogen-bond donors (Lipinski definition) is 0. The molecule has 4 atom stereocenters. The van der Waals surface area contributed by atoms with Gasteiger partial charge in [0.15, 0.2) is 0 Å². The van der Waals surface area contributed by atoms with Crippen molar-refractivity contribution in [2.24, 2.45) is 11.3 Å². The van der Waals surface area contributed by atoms with Crippen molar-refractivity contribution in [2.45, 2.75) is 44.8 Å². The van der Waals surface area contributed by atoms with E-state index in [1.165, 1.54) is 5.69 Å². The third-order valence-corrected chi connectivity index (χ3v) is 5.44. The molecule has 20 heavy (non-hydrogen) atoms. The molecule has 0 N–H and O–H groups in total. The molecule has 3 nitrogen and oxygen atoms in total. The Hall–Kier alpha value is -0.170. The average Bonchev–Trinajstić information content (AvgIpc) is 2.65. The summed E-state index contributed by atoms with van der Waals surface area (Å²) in [6.07, 6.45) is 0.851. The molecule has 0 radical (unpaired) electrons. The van der Waals surface area contributed by atoms with E-state index in [4.69, 9.17) is 0 Å². The summed E-state index contributed by atoms with van der Waals surface area (Å²) in [4.78, 5) is 2.21. The smallest absolute Gasteiger partial charge is 0.123 e. The minimum atomic E-state index is -0.606. The molecule has 112 valence electrons. The van der Waals surface area contributed by atoms with Crippen molar-refractivity contribution < 1.29 is 4.39 Å². The van der Waals surface area contributed by atoms with E-state index < -0.39 is 6.17 Å². The van der Waals surface area contributed by atoms with Gasteiger partial charge in [-0.05, 0) is 80.8 Å². The Bertz CT molecular complexity index is 513. The van der Waals surface area contributed by atoms with Gasteiger partial charge in [-0.1, -0.05) is 0 Å². The van der Waals surface area contributed by atoms with Crippen LogP contribution in [0.4, 0.5) is 4.39 Å². The van der Waals surface area contributed by atoms with Gasteiger partial charge in [0.25, 0.3) is 0 Å². The summed E-state index contributed by atoms with van der Waals surface area (Å²) in [5.41, 5.74) is 1.47. The number of aromatic nitrogens is 2. The molecule has 0 spiro atoms. The summed E-state index contributed by atoms with van der Waals surface area (Å²) in [7, 11) is 4.19. The fourth-order valence-corrected chi connectivity index (χ4v) is 4.94. The predicted molar refractivity (Wildman–Crippen MR) is 86.7 cm³/mol. The van der Waals surface area contributed by atoms with E-state index >= 15 is 0 Å². The van der Waals surface area contributed by atoms with Gasteiger partial charge in [0, 0.05) is 24.2 Å². The monoisotopic (exact) mass is 391 g/mol. The fourth-order valence-electron chi connectivity index (χ4n) is 4.39. The van der Waals surface area contributed by atoms with Crippen molar-refractivity contribution in [1.82, 2.24) is 14.7 Å². The quantitative estimate of drug-likeness (QED) is 0.734. The second kappa shape index (κ2) is 4.93. The molecular formula is C15H23FIN3. The van der Waals surface area contributed by atoms with Crippen molar-refractivity contribution in [2.75, 3.05) is 20.6 Å². The lowest BCUT2D eigenvalue weighted by Gasteiger charge is -2.22. The maximum Gasteiger partial charge on any atom is 0.123 e. The highest BCUT2D eigenvalue weighted by atomic mass is 127. The third-order valence-electron chi connectivity index (χ3n) is 4.92. The van der Waals surface area contributed by atoms with Gasteiger partial charge >= 0.3 is 0 Å². The molecule has 1 heterocycles. The van der Waals surface area contributed by atoms with Gasteiger partial charge < -0.3 is 4.90 Å². The molecule has 2 fully saturated rings. The highest BCUT2D eigenvalue weighted by Gasteiger charge is 2.70. The maximum absolute atomic E-state index is 13.8. The molecule has 1 aromatic heterocycles. The first-order chi connectivity index (χ1) is 9.35. The van der Waals surface area contributed by atoms with Crippen molar-refractivity contribution in [1.29, 1.82) is 0 Å². The summed E-state index contributed by atoms with van der Waals surface area (Å²) in [6, 6.07) is 2.57. The second-order valence-corrected chi connectivity index (χ2v) is 8.13. The predicted octanol–water partition coefficient (Wildman–Crippen LogP) is 3.46. The lowest BCUT2D eigenvalue weighted by Crippen LogP contribution is -2.25. The lowest BCUT2D eigenvalue weighted by atomic mass is 9.96. The Balaban J connectivity index is 1.93. The minimum absolute atomic E-state index is 0.151. The van der Waals surface area contributed by atoms with E-state index in [-0.39, 0.29) is 5.41 Å². The molecule has 0 amide bonds. The van der Waals surface area contributed by atoms with Gasteiger partial charge in [-0.25, -0.2) is 4.39 Å². The Labute approximate surface area is 134 Å². The van der Waals surface area contributed by atoms with Gasteiger partial charge in [-0.15, -0.1) is 0 Å². The molecule has 2 aliphatic rings. The number of fused-ring (bicyclic) bond motifs is 1. The molecule has 0 aromatic carbocycles. The molecule has 0 bridgehead atoms. The van der Waals surface area contributed by atoms with Crippen LogP contribution in [0, 0.1) is 15.0 Å². The normalized spacial score (nSPS) is 35.9. The first kappa shape index (κ1) is 14.8.